The molecule has 0 saturated carbocycles. The fourth-order valence-corrected chi connectivity index (χ4v) is 2.32. The zero-order valence-electron chi connectivity index (χ0n) is 15.2. The molecule has 0 radical (unpaired) electrons. The smallest absolute Gasteiger partial charge is 0.413 e. The second-order valence-corrected chi connectivity index (χ2v) is 6.39. The molecule has 152 valence electrons. The van der Waals surface area contributed by atoms with Crippen LogP contribution in [0.4, 0.5) is 17.6 Å². The van der Waals surface area contributed by atoms with E-state index in [0.717, 1.165) is 38.1 Å². The number of hydrogen-bond donors (Lipinski definition) is 3. The van der Waals surface area contributed by atoms with E-state index in [2.05, 4.69) is 10.3 Å². The van der Waals surface area contributed by atoms with Gasteiger partial charge in [-0.15, -0.1) is 0 Å². The molecule has 2 aromatic rings. The third-order valence-electron chi connectivity index (χ3n) is 4.38. The largest absolute Gasteiger partial charge is 0.501 e. The molecular formula is C17H18F4N4O3. The SMILES string of the molecule is CN(C)C(C)(c1nc(C(=O)NCc2ccc(F)cc2)c(O)c(=O)[nH]1)C(F)(F)F. The highest BCUT2D eigenvalue weighted by Gasteiger charge is 2.56. The minimum Gasteiger partial charge on any atom is -0.501 e. The van der Waals surface area contributed by atoms with Gasteiger partial charge in [-0.05, 0) is 38.7 Å². The van der Waals surface area contributed by atoms with Gasteiger partial charge in [0.1, 0.15) is 11.6 Å². The number of nitrogens with one attached hydrogen (secondary N) is 2. The monoisotopic (exact) mass is 402 g/mol. The summed E-state index contributed by atoms with van der Waals surface area (Å²) in [6, 6.07) is 5.10. The highest BCUT2D eigenvalue weighted by atomic mass is 19.4. The molecule has 0 aliphatic rings. The first kappa shape index (κ1) is 21.4. The first-order valence-electron chi connectivity index (χ1n) is 7.98. The van der Waals surface area contributed by atoms with Gasteiger partial charge in [0.25, 0.3) is 11.5 Å². The van der Waals surface area contributed by atoms with Crippen molar-refractivity contribution >= 4 is 5.91 Å². The van der Waals surface area contributed by atoms with Gasteiger partial charge < -0.3 is 15.4 Å². The minimum absolute atomic E-state index is 0.118. The number of nitrogens with zero attached hydrogens (tertiary/aromatic N) is 2. The second-order valence-electron chi connectivity index (χ2n) is 6.39. The first-order valence-corrected chi connectivity index (χ1v) is 7.98. The van der Waals surface area contributed by atoms with Crippen LogP contribution in [0.2, 0.25) is 0 Å². The van der Waals surface area contributed by atoms with Crippen LogP contribution in [0.25, 0.3) is 0 Å². The van der Waals surface area contributed by atoms with Crippen molar-refractivity contribution in [2.24, 2.45) is 0 Å². The lowest BCUT2D eigenvalue weighted by Gasteiger charge is -2.36. The number of alkyl halides is 3. The Morgan fingerprint density at radius 1 is 1.25 bits per heavy atom. The lowest BCUT2D eigenvalue weighted by Crippen LogP contribution is -2.52. The van der Waals surface area contributed by atoms with Crippen LogP contribution in [0, 0.1) is 5.82 Å². The summed E-state index contributed by atoms with van der Waals surface area (Å²) < 4.78 is 53.7. The number of carbonyl (C=O) groups is 1. The molecule has 1 amide bonds. The van der Waals surface area contributed by atoms with Gasteiger partial charge in [-0.3, -0.25) is 14.5 Å². The Labute approximate surface area is 157 Å². The fraction of sp³-hybridized carbons (Fsp3) is 0.353. The molecule has 28 heavy (non-hydrogen) atoms. The Kier molecular flexibility index (Phi) is 5.78. The van der Waals surface area contributed by atoms with Crippen molar-refractivity contribution in [3.05, 3.63) is 57.5 Å². The molecule has 0 aliphatic carbocycles. The van der Waals surface area contributed by atoms with Crippen LogP contribution in [-0.2, 0) is 12.1 Å². The Bertz CT molecular complexity index is 925. The average Bonchev–Trinajstić information content (AvgIpc) is 2.61. The standard InChI is InChI=1S/C17H18F4N4O3/c1-16(25(2)3,17(19,20)21)15-23-11(12(26)14(28)24-15)13(27)22-8-9-4-6-10(18)7-5-9/h4-7,26H,8H2,1-3H3,(H,22,27)(H,23,24,28). The minimum atomic E-state index is -4.84. The van der Waals surface area contributed by atoms with Crippen LogP contribution in [0.3, 0.4) is 0 Å². The Morgan fingerprint density at radius 3 is 2.32 bits per heavy atom. The van der Waals surface area contributed by atoms with Gasteiger partial charge in [0.15, 0.2) is 11.2 Å². The number of aromatic nitrogens is 2. The molecule has 0 aliphatic heterocycles. The zero-order chi connectivity index (χ0) is 21.3. The predicted molar refractivity (Wildman–Crippen MR) is 91.2 cm³/mol. The zero-order valence-corrected chi connectivity index (χ0v) is 15.2. The third-order valence-corrected chi connectivity index (χ3v) is 4.38. The lowest BCUT2D eigenvalue weighted by molar-refractivity contribution is -0.226. The molecule has 11 heteroatoms. The molecule has 0 saturated heterocycles. The molecule has 0 spiro atoms. The van der Waals surface area contributed by atoms with Crippen molar-refractivity contribution in [1.29, 1.82) is 0 Å². The van der Waals surface area contributed by atoms with Crippen LogP contribution in [0.5, 0.6) is 5.75 Å². The van der Waals surface area contributed by atoms with E-state index in [4.69, 9.17) is 0 Å². The number of aromatic amines is 1. The number of halogens is 4. The van der Waals surface area contributed by atoms with E-state index in [-0.39, 0.29) is 6.54 Å². The molecule has 1 aromatic carbocycles. The topological polar surface area (TPSA) is 98.3 Å². The van der Waals surface area contributed by atoms with E-state index in [1.54, 1.807) is 0 Å². The van der Waals surface area contributed by atoms with Gasteiger partial charge >= 0.3 is 6.18 Å². The molecule has 7 nitrogen and oxygen atoms in total. The summed E-state index contributed by atoms with van der Waals surface area (Å²) in [6.07, 6.45) is -4.84. The number of rotatable bonds is 5. The highest BCUT2D eigenvalue weighted by molar-refractivity contribution is 5.94. The Balaban J connectivity index is 2.41. The third kappa shape index (κ3) is 3.98. The van der Waals surface area contributed by atoms with Gasteiger partial charge in [0, 0.05) is 6.54 Å². The first-order chi connectivity index (χ1) is 12.9. The van der Waals surface area contributed by atoms with Crippen molar-refractivity contribution in [3.63, 3.8) is 0 Å². The number of benzene rings is 1. The Hall–Kier alpha value is -2.95. The van der Waals surface area contributed by atoms with Crippen molar-refractivity contribution in [3.8, 4) is 5.75 Å². The summed E-state index contributed by atoms with van der Waals surface area (Å²) in [7, 11) is 2.27. The molecule has 1 heterocycles. The number of H-pyrrole nitrogens is 1. The second kappa shape index (κ2) is 7.58. The van der Waals surface area contributed by atoms with Crippen molar-refractivity contribution < 1.29 is 27.5 Å². The summed E-state index contributed by atoms with van der Waals surface area (Å²) in [5.74, 6) is -3.50. The van der Waals surface area contributed by atoms with Crippen LogP contribution in [-0.4, -0.2) is 46.2 Å². The predicted octanol–water partition coefficient (Wildman–Crippen LogP) is 1.88. The van der Waals surface area contributed by atoms with Gasteiger partial charge in [0.05, 0.1) is 0 Å². The van der Waals surface area contributed by atoms with Crippen LogP contribution in [0.15, 0.2) is 29.1 Å². The Morgan fingerprint density at radius 2 is 1.82 bits per heavy atom. The van der Waals surface area contributed by atoms with E-state index in [9.17, 15) is 32.3 Å². The van der Waals surface area contributed by atoms with Crippen LogP contribution in [0.1, 0.15) is 28.8 Å². The molecule has 2 rings (SSSR count). The van der Waals surface area contributed by atoms with Crippen molar-refractivity contribution in [2.45, 2.75) is 25.2 Å². The molecule has 1 aromatic heterocycles. The molecule has 3 N–H and O–H groups in total. The van der Waals surface area contributed by atoms with Gasteiger partial charge in [-0.1, -0.05) is 12.1 Å². The van der Waals surface area contributed by atoms with Gasteiger partial charge in [0.2, 0.25) is 5.75 Å². The molecule has 1 atom stereocenters. The van der Waals surface area contributed by atoms with Crippen molar-refractivity contribution in [2.75, 3.05) is 14.1 Å². The van der Waals surface area contributed by atoms with Gasteiger partial charge in [-0.25, -0.2) is 9.37 Å². The lowest BCUT2D eigenvalue weighted by atomic mass is 9.98. The molecular weight excluding hydrogens is 384 g/mol. The molecule has 0 bridgehead atoms. The maximum atomic E-state index is 13.6. The maximum absolute atomic E-state index is 13.6. The van der Waals surface area contributed by atoms with Crippen LogP contribution < -0.4 is 10.9 Å². The average molecular weight is 402 g/mol. The highest BCUT2D eigenvalue weighted by Crippen LogP contribution is 2.40. The summed E-state index contributed by atoms with van der Waals surface area (Å²) in [6.45, 7) is 0.662. The normalized spacial score (nSPS) is 14.0. The van der Waals surface area contributed by atoms with E-state index in [0.29, 0.717) is 5.56 Å². The van der Waals surface area contributed by atoms with Gasteiger partial charge in [-0.2, -0.15) is 13.2 Å². The quantitative estimate of drug-likeness (QED) is 0.664. The van der Waals surface area contributed by atoms with Crippen molar-refractivity contribution in [1.82, 2.24) is 20.2 Å². The summed E-state index contributed by atoms with van der Waals surface area (Å²) >= 11 is 0. The maximum Gasteiger partial charge on any atom is 0.413 e. The number of aromatic hydroxyl groups is 1. The molecule has 0 fully saturated rings. The summed E-state index contributed by atoms with van der Waals surface area (Å²) in [4.78, 5) is 30.5. The summed E-state index contributed by atoms with van der Waals surface area (Å²) in [5.41, 5.74) is -4.36. The summed E-state index contributed by atoms with van der Waals surface area (Å²) in [5, 5.41) is 12.1. The fourth-order valence-electron chi connectivity index (χ4n) is 2.32. The molecule has 1 unspecified atom stereocenters. The number of hydrogen-bond acceptors (Lipinski definition) is 5. The number of amides is 1. The van der Waals surface area contributed by atoms with E-state index < -0.39 is 46.3 Å². The van der Waals surface area contributed by atoms with E-state index in [1.807, 2.05) is 4.98 Å². The van der Waals surface area contributed by atoms with E-state index >= 15 is 0 Å². The number of carbonyl (C=O) groups excluding carboxylic acids is 1. The van der Waals surface area contributed by atoms with E-state index in [1.165, 1.54) is 12.1 Å². The van der Waals surface area contributed by atoms with Crippen LogP contribution >= 0.6 is 0 Å².